The number of carbonyl (C=O) groups excluding carboxylic acids is 1. The molecule has 1 unspecified atom stereocenters. The predicted molar refractivity (Wildman–Crippen MR) is 33.6 cm³/mol. The van der Waals surface area contributed by atoms with Crippen molar-refractivity contribution in [3.63, 3.8) is 0 Å². The minimum atomic E-state index is -1.09. The fraction of sp³-hybridized carbons (Fsp3) is 0.667. The van der Waals surface area contributed by atoms with Crippen LogP contribution in [-0.4, -0.2) is 28.1 Å². The Hall–Kier alpha value is -0.900. The fourth-order valence-electron chi connectivity index (χ4n) is 0.606. The molecule has 0 aliphatic carbocycles. The van der Waals surface area contributed by atoms with Crippen LogP contribution in [0.5, 0.6) is 0 Å². The summed E-state index contributed by atoms with van der Waals surface area (Å²) in [6, 6.07) is 0. The van der Waals surface area contributed by atoms with Gasteiger partial charge in [-0.25, -0.2) is 0 Å². The summed E-state index contributed by atoms with van der Waals surface area (Å²) in [5, 5.41) is 16.9. The highest BCUT2D eigenvalue weighted by Gasteiger charge is 2.10. The molecule has 0 aromatic heterocycles. The van der Waals surface area contributed by atoms with E-state index in [9.17, 15) is 9.59 Å². The van der Waals surface area contributed by atoms with E-state index in [4.69, 9.17) is 10.2 Å². The van der Waals surface area contributed by atoms with Crippen LogP contribution in [0.15, 0.2) is 0 Å². The summed E-state index contributed by atoms with van der Waals surface area (Å²) in [6.07, 6.45) is -1.47. The SMILES string of the molecule is CC(=O)CC(O)CC(=O)O. The number of aliphatic hydroxyl groups is 1. The van der Waals surface area contributed by atoms with Crippen molar-refractivity contribution >= 4 is 11.8 Å². The van der Waals surface area contributed by atoms with Crippen LogP contribution < -0.4 is 0 Å². The molecule has 4 heteroatoms. The molecule has 0 aromatic carbocycles. The molecule has 1 atom stereocenters. The van der Waals surface area contributed by atoms with Gasteiger partial charge in [0.2, 0.25) is 0 Å². The zero-order valence-electron chi connectivity index (χ0n) is 5.70. The number of carboxylic acid groups (broad SMARTS) is 1. The van der Waals surface area contributed by atoms with Crippen LogP contribution in [0.25, 0.3) is 0 Å². The third kappa shape index (κ3) is 5.24. The van der Waals surface area contributed by atoms with Crippen LogP contribution in [0.1, 0.15) is 19.8 Å². The molecule has 2 N–H and O–H groups in total. The second-order valence-corrected chi connectivity index (χ2v) is 2.16. The van der Waals surface area contributed by atoms with Crippen molar-refractivity contribution in [2.24, 2.45) is 0 Å². The number of hydrogen-bond donors (Lipinski definition) is 2. The number of hydrogen-bond acceptors (Lipinski definition) is 3. The molecule has 10 heavy (non-hydrogen) atoms. The van der Waals surface area contributed by atoms with E-state index >= 15 is 0 Å². The smallest absolute Gasteiger partial charge is 0.305 e. The maximum Gasteiger partial charge on any atom is 0.305 e. The van der Waals surface area contributed by atoms with Crippen LogP contribution >= 0.6 is 0 Å². The van der Waals surface area contributed by atoms with Crippen molar-refractivity contribution in [3.05, 3.63) is 0 Å². The van der Waals surface area contributed by atoms with Crippen LogP contribution in [-0.2, 0) is 9.59 Å². The van der Waals surface area contributed by atoms with E-state index < -0.39 is 12.1 Å². The number of aliphatic hydroxyl groups excluding tert-OH is 1. The zero-order valence-corrected chi connectivity index (χ0v) is 5.70. The summed E-state index contributed by atoms with van der Waals surface area (Å²) in [4.78, 5) is 20.2. The van der Waals surface area contributed by atoms with Crippen molar-refractivity contribution in [2.75, 3.05) is 0 Å². The van der Waals surface area contributed by atoms with Crippen LogP contribution in [0, 0.1) is 0 Å². The number of ketones is 1. The van der Waals surface area contributed by atoms with Gasteiger partial charge in [-0.1, -0.05) is 0 Å². The standard InChI is InChI=1S/C6H10O4/c1-4(7)2-5(8)3-6(9)10/h5,8H,2-3H2,1H3,(H,9,10). The first-order chi connectivity index (χ1) is 4.52. The van der Waals surface area contributed by atoms with Crippen molar-refractivity contribution < 1.29 is 19.8 Å². The summed E-state index contributed by atoms with van der Waals surface area (Å²) in [5.74, 6) is -1.29. The van der Waals surface area contributed by atoms with E-state index in [0.29, 0.717) is 0 Å². The third-order valence-electron chi connectivity index (χ3n) is 0.933. The quantitative estimate of drug-likeness (QED) is 0.576. The monoisotopic (exact) mass is 146 g/mol. The average Bonchev–Trinajstić information content (AvgIpc) is 1.58. The van der Waals surface area contributed by atoms with E-state index in [1.807, 2.05) is 0 Å². The van der Waals surface area contributed by atoms with E-state index in [0.717, 1.165) is 0 Å². The molecule has 0 saturated carbocycles. The molecular weight excluding hydrogens is 136 g/mol. The summed E-state index contributed by atoms with van der Waals surface area (Å²) < 4.78 is 0. The summed E-state index contributed by atoms with van der Waals surface area (Å²) in [6.45, 7) is 1.31. The van der Waals surface area contributed by atoms with Crippen LogP contribution in [0.3, 0.4) is 0 Å². The van der Waals surface area contributed by atoms with Gasteiger partial charge in [-0.3, -0.25) is 9.59 Å². The first kappa shape index (κ1) is 9.10. The Kier molecular flexibility index (Phi) is 3.64. The molecule has 0 aliphatic heterocycles. The largest absolute Gasteiger partial charge is 0.481 e. The van der Waals surface area contributed by atoms with Gasteiger partial charge in [0.1, 0.15) is 5.78 Å². The number of aliphatic carboxylic acids is 1. The van der Waals surface area contributed by atoms with E-state index in [1.165, 1.54) is 6.92 Å². The molecule has 0 fully saturated rings. The summed E-state index contributed by atoms with van der Waals surface area (Å²) in [5.41, 5.74) is 0. The van der Waals surface area contributed by atoms with Gasteiger partial charge in [-0.2, -0.15) is 0 Å². The Morgan fingerprint density at radius 1 is 1.40 bits per heavy atom. The molecule has 0 spiro atoms. The van der Waals surface area contributed by atoms with Gasteiger partial charge in [-0.05, 0) is 6.92 Å². The molecular formula is C6H10O4. The van der Waals surface area contributed by atoms with E-state index in [2.05, 4.69) is 0 Å². The minimum absolute atomic E-state index is 0.0771. The van der Waals surface area contributed by atoms with Gasteiger partial charge in [0.25, 0.3) is 0 Å². The van der Waals surface area contributed by atoms with Crippen molar-refractivity contribution in [3.8, 4) is 0 Å². The number of rotatable bonds is 4. The maximum absolute atomic E-state index is 10.3. The Labute approximate surface area is 58.5 Å². The lowest BCUT2D eigenvalue weighted by Gasteiger charge is -2.02. The Balaban J connectivity index is 3.53. The highest BCUT2D eigenvalue weighted by atomic mass is 16.4. The van der Waals surface area contributed by atoms with E-state index in [-0.39, 0.29) is 18.6 Å². The topological polar surface area (TPSA) is 74.6 Å². The lowest BCUT2D eigenvalue weighted by atomic mass is 10.1. The zero-order chi connectivity index (χ0) is 8.15. The van der Waals surface area contributed by atoms with E-state index in [1.54, 1.807) is 0 Å². The van der Waals surface area contributed by atoms with Gasteiger partial charge in [0, 0.05) is 6.42 Å². The van der Waals surface area contributed by atoms with Gasteiger partial charge < -0.3 is 10.2 Å². The molecule has 58 valence electrons. The second-order valence-electron chi connectivity index (χ2n) is 2.16. The van der Waals surface area contributed by atoms with Gasteiger partial charge in [0.05, 0.1) is 12.5 Å². The molecule has 0 saturated heterocycles. The van der Waals surface area contributed by atoms with Gasteiger partial charge >= 0.3 is 5.97 Å². The highest BCUT2D eigenvalue weighted by molar-refractivity contribution is 5.77. The third-order valence-corrected chi connectivity index (χ3v) is 0.933. The summed E-state index contributed by atoms with van der Waals surface area (Å²) in [7, 11) is 0. The normalized spacial score (nSPS) is 12.6. The van der Waals surface area contributed by atoms with Crippen LogP contribution in [0.2, 0.25) is 0 Å². The molecule has 0 radical (unpaired) electrons. The lowest BCUT2D eigenvalue weighted by molar-refractivity contribution is -0.139. The fourth-order valence-corrected chi connectivity index (χ4v) is 0.606. The molecule has 0 aromatic rings. The minimum Gasteiger partial charge on any atom is -0.481 e. The average molecular weight is 146 g/mol. The molecule has 4 nitrogen and oxygen atoms in total. The second kappa shape index (κ2) is 4.00. The molecule has 0 aliphatic rings. The van der Waals surface area contributed by atoms with Crippen LogP contribution in [0.4, 0.5) is 0 Å². The van der Waals surface area contributed by atoms with Crippen molar-refractivity contribution in [2.45, 2.75) is 25.9 Å². The first-order valence-corrected chi connectivity index (χ1v) is 2.91. The molecule has 0 amide bonds. The first-order valence-electron chi connectivity index (χ1n) is 2.91. The Morgan fingerprint density at radius 3 is 2.20 bits per heavy atom. The maximum atomic E-state index is 10.3. The van der Waals surface area contributed by atoms with Gasteiger partial charge in [-0.15, -0.1) is 0 Å². The molecule has 0 bridgehead atoms. The molecule has 0 heterocycles. The summed E-state index contributed by atoms with van der Waals surface area (Å²) >= 11 is 0. The van der Waals surface area contributed by atoms with Crippen molar-refractivity contribution in [1.29, 1.82) is 0 Å². The number of carboxylic acids is 1. The number of Topliss-reactive ketones (excluding diaryl/α,β-unsaturated/α-hetero) is 1. The number of carbonyl (C=O) groups is 2. The Morgan fingerprint density at radius 2 is 1.90 bits per heavy atom. The Bertz CT molecular complexity index is 125. The predicted octanol–water partition coefficient (Wildman–Crippen LogP) is -0.199. The van der Waals surface area contributed by atoms with Gasteiger partial charge in [0.15, 0.2) is 0 Å². The highest BCUT2D eigenvalue weighted by Crippen LogP contribution is 1.97. The molecule has 0 rings (SSSR count). The van der Waals surface area contributed by atoms with Crippen molar-refractivity contribution in [1.82, 2.24) is 0 Å². The lowest BCUT2D eigenvalue weighted by Crippen LogP contribution is -2.15.